The van der Waals surface area contributed by atoms with Crippen molar-refractivity contribution in [2.45, 2.75) is 22.1 Å². The summed E-state index contributed by atoms with van der Waals surface area (Å²) in [6.45, 7) is 0.522. The minimum absolute atomic E-state index is 0.0355. The maximum atomic E-state index is 13.0. The van der Waals surface area contributed by atoms with Crippen LogP contribution in [-0.2, 0) is 24.9 Å². The zero-order chi connectivity index (χ0) is 28.1. The van der Waals surface area contributed by atoms with E-state index in [-0.39, 0.29) is 26.6 Å². The number of oxime groups is 1. The molecule has 3 amide bonds. The molecule has 4 rings (SSSR count). The normalized spacial score (nSPS) is 18.8. The number of hydrogen-bond donors (Lipinski definition) is 5. The van der Waals surface area contributed by atoms with Crippen molar-refractivity contribution in [1.82, 2.24) is 25.5 Å². The van der Waals surface area contributed by atoms with E-state index in [1.54, 1.807) is 30.2 Å². The zero-order valence-electron chi connectivity index (χ0n) is 19.7. The van der Waals surface area contributed by atoms with Crippen molar-refractivity contribution in [1.29, 1.82) is 0 Å². The van der Waals surface area contributed by atoms with Crippen LogP contribution in [0.5, 0.6) is 0 Å². The number of thioether (sulfide) groups is 3. The highest BCUT2D eigenvalue weighted by atomic mass is 35.5. The number of carbonyl (C=O) groups excluding carboxylic acids is 3. The van der Waals surface area contributed by atoms with Crippen molar-refractivity contribution in [2.24, 2.45) is 5.16 Å². The Morgan fingerprint density at radius 1 is 1.41 bits per heavy atom. The van der Waals surface area contributed by atoms with Crippen LogP contribution in [0.1, 0.15) is 11.3 Å². The lowest BCUT2D eigenvalue weighted by Crippen LogP contribution is -2.71. The van der Waals surface area contributed by atoms with Gasteiger partial charge in [-0.2, -0.15) is 11.8 Å². The van der Waals surface area contributed by atoms with Crippen LogP contribution in [0.3, 0.4) is 0 Å². The van der Waals surface area contributed by atoms with Crippen LogP contribution in [0.15, 0.2) is 39.1 Å². The number of carbonyl (C=O) groups is 4. The van der Waals surface area contributed by atoms with Crippen molar-refractivity contribution in [3.8, 4) is 0 Å². The number of nitrogens with zero attached hydrogens (tertiary/aromatic N) is 4. The third kappa shape index (κ3) is 6.27. The van der Waals surface area contributed by atoms with Crippen LogP contribution in [0, 0.1) is 0 Å². The van der Waals surface area contributed by atoms with E-state index >= 15 is 0 Å². The molecule has 0 saturated carbocycles. The molecule has 2 aromatic heterocycles. The first-order chi connectivity index (χ1) is 18.8. The molecule has 0 radical (unpaired) electrons. The molecule has 206 valence electrons. The number of nitrogen functional groups attached to an aromatic ring is 1. The molecule has 0 spiro atoms. The number of anilines is 1. The number of carboxylic acid groups (broad SMARTS) is 1. The van der Waals surface area contributed by atoms with Gasteiger partial charge in [-0.3, -0.25) is 24.3 Å². The Morgan fingerprint density at radius 2 is 2.21 bits per heavy atom. The highest BCUT2D eigenvalue weighted by molar-refractivity contribution is 8.06. The van der Waals surface area contributed by atoms with Crippen molar-refractivity contribution in [3.63, 3.8) is 0 Å². The number of pyridine rings is 1. The third-order valence-electron chi connectivity index (χ3n) is 5.39. The molecule has 0 bridgehead atoms. The molecule has 1 fully saturated rings. The molecule has 0 aromatic carbocycles. The lowest BCUT2D eigenvalue weighted by atomic mass is 10.0. The second-order valence-electron chi connectivity index (χ2n) is 7.77. The molecular formula is C21H20ClN7O6S4. The summed E-state index contributed by atoms with van der Waals surface area (Å²) in [5.41, 5.74) is 5.68. The molecule has 18 heteroatoms. The van der Waals surface area contributed by atoms with E-state index in [1.807, 2.05) is 0 Å². The van der Waals surface area contributed by atoms with Crippen LogP contribution in [0.2, 0.25) is 4.34 Å². The van der Waals surface area contributed by atoms with Crippen LogP contribution in [-0.4, -0.2) is 84.6 Å². The fourth-order valence-corrected chi connectivity index (χ4v) is 8.11. The van der Waals surface area contributed by atoms with Gasteiger partial charge in [0.25, 0.3) is 11.8 Å². The quantitative estimate of drug-likeness (QED) is 0.0565. The van der Waals surface area contributed by atoms with Gasteiger partial charge in [0.1, 0.15) is 27.1 Å². The number of aromatic nitrogens is 2. The van der Waals surface area contributed by atoms with E-state index in [1.165, 1.54) is 23.5 Å². The van der Waals surface area contributed by atoms with Crippen LogP contribution >= 0.6 is 58.2 Å². The fourth-order valence-electron chi connectivity index (χ4n) is 3.67. The Kier molecular flexibility index (Phi) is 9.60. The van der Waals surface area contributed by atoms with Gasteiger partial charge < -0.3 is 26.7 Å². The first kappa shape index (κ1) is 29.0. The van der Waals surface area contributed by atoms with Gasteiger partial charge >= 0.3 is 5.97 Å². The number of nitrogens with two attached hydrogens (primary N) is 1. The highest BCUT2D eigenvalue weighted by Crippen LogP contribution is 2.46. The second-order valence-corrected chi connectivity index (χ2v) is 12.8. The Labute approximate surface area is 243 Å². The van der Waals surface area contributed by atoms with E-state index in [9.17, 15) is 29.5 Å². The van der Waals surface area contributed by atoms with Gasteiger partial charge in [-0.1, -0.05) is 39.9 Å². The largest absolute Gasteiger partial charge is 0.477 e. The van der Waals surface area contributed by atoms with Gasteiger partial charge in [0.15, 0.2) is 10.8 Å². The standard InChI is InChI=1S/C21H20ClN7O6S4/c22-16-12(27-21(23)39-16)13(28-35)17(31)26-14-18(32)29-15(20(33)34)11(7-37-19(14)29)38-10-1-2-24-5-9(10)6-36-4-3-25-8-30/h1-2,5,8,14,19,35H,3-4,6-7H2,(H2,23,27)(H,25,30)(H,26,31)(H,33,34)/b28-13-/t14-,19+/m1/s1. The first-order valence-corrected chi connectivity index (χ1v) is 15.2. The first-order valence-electron chi connectivity index (χ1n) is 11.0. The summed E-state index contributed by atoms with van der Waals surface area (Å²) < 4.78 is 0.0355. The molecule has 2 atom stereocenters. The van der Waals surface area contributed by atoms with E-state index in [0.717, 1.165) is 26.7 Å². The van der Waals surface area contributed by atoms with Gasteiger partial charge in [0.05, 0.1) is 0 Å². The number of nitrogens with one attached hydrogen (secondary N) is 2. The van der Waals surface area contributed by atoms with Crippen molar-refractivity contribution >= 4 is 93.3 Å². The van der Waals surface area contributed by atoms with Crippen molar-refractivity contribution < 1.29 is 29.5 Å². The molecule has 0 unspecified atom stereocenters. The molecule has 2 aromatic rings. The Hall–Kier alpha value is -2.99. The highest BCUT2D eigenvalue weighted by Gasteiger charge is 2.54. The van der Waals surface area contributed by atoms with Crippen LogP contribution in [0.4, 0.5) is 5.13 Å². The fraction of sp³-hybridized carbons (Fsp3) is 0.286. The van der Waals surface area contributed by atoms with Gasteiger partial charge in [0, 0.05) is 46.0 Å². The summed E-state index contributed by atoms with van der Waals surface area (Å²) >= 11 is 11.0. The number of amides is 3. The Bertz CT molecular complexity index is 1370. The molecule has 2 aliphatic rings. The predicted molar refractivity (Wildman–Crippen MR) is 150 cm³/mol. The summed E-state index contributed by atoms with van der Waals surface area (Å²) in [7, 11) is 0. The van der Waals surface area contributed by atoms with E-state index in [0.29, 0.717) is 29.4 Å². The van der Waals surface area contributed by atoms with Crippen molar-refractivity contribution in [3.05, 3.63) is 44.7 Å². The topological polar surface area (TPSA) is 200 Å². The number of rotatable bonds is 12. The summed E-state index contributed by atoms with van der Waals surface area (Å²) in [5, 5.41) is 26.8. The molecule has 0 aliphatic carbocycles. The molecule has 1 saturated heterocycles. The number of carboxylic acids is 1. The lowest BCUT2D eigenvalue weighted by Gasteiger charge is -2.49. The molecule has 2 aliphatic heterocycles. The number of aliphatic carboxylic acids is 1. The smallest absolute Gasteiger partial charge is 0.353 e. The number of hydrogen-bond acceptors (Lipinski definition) is 13. The lowest BCUT2D eigenvalue weighted by molar-refractivity contribution is -0.150. The Balaban J connectivity index is 1.48. The molecule has 4 heterocycles. The molecule has 6 N–H and O–H groups in total. The van der Waals surface area contributed by atoms with Gasteiger partial charge in [-0.15, -0.1) is 11.8 Å². The number of fused-ring (bicyclic) bond motifs is 1. The minimum Gasteiger partial charge on any atom is -0.477 e. The van der Waals surface area contributed by atoms with Crippen LogP contribution in [0.25, 0.3) is 0 Å². The van der Waals surface area contributed by atoms with Gasteiger partial charge in [0.2, 0.25) is 6.41 Å². The predicted octanol–water partition coefficient (Wildman–Crippen LogP) is 1.42. The van der Waals surface area contributed by atoms with E-state index < -0.39 is 34.9 Å². The maximum absolute atomic E-state index is 13.0. The molecule has 13 nitrogen and oxygen atoms in total. The molecular weight excluding hydrogens is 610 g/mol. The summed E-state index contributed by atoms with van der Waals surface area (Å²) in [6.07, 6.45) is 3.94. The van der Waals surface area contributed by atoms with E-state index in [4.69, 9.17) is 17.3 Å². The monoisotopic (exact) mass is 629 g/mol. The average molecular weight is 630 g/mol. The minimum atomic E-state index is -1.27. The van der Waals surface area contributed by atoms with Gasteiger partial charge in [-0.05, 0) is 11.6 Å². The zero-order valence-corrected chi connectivity index (χ0v) is 23.7. The Morgan fingerprint density at radius 3 is 2.87 bits per heavy atom. The summed E-state index contributed by atoms with van der Waals surface area (Å²) in [6, 6.07) is 0.725. The maximum Gasteiger partial charge on any atom is 0.353 e. The van der Waals surface area contributed by atoms with E-state index in [2.05, 4.69) is 25.8 Å². The SMILES string of the molecule is Nc1nc(/C(=N/O)C(=O)N[C@@H]2C(=O)N3C(C(=O)O)=C(Sc4ccncc4CSCCNC=O)CS[C@@H]23)c(Cl)s1. The van der Waals surface area contributed by atoms with Gasteiger partial charge in [-0.25, -0.2) is 9.78 Å². The summed E-state index contributed by atoms with van der Waals surface area (Å²) in [4.78, 5) is 58.9. The number of halogens is 1. The summed E-state index contributed by atoms with van der Waals surface area (Å²) in [5.74, 6) is -1.23. The second kappa shape index (κ2) is 12.9. The average Bonchev–Trinajstić information content (AvgIpc) is 3.25. The third-order valence-corrected chi connectivity index (χ3v) is 10.1. The van der Waals surface area contributed by atoms with Crippen molar-refractivity contribution in [2.75, 3.05) is 23.8 Å². The number of β-lactam (4-membered cyclic amide) rings is 1. The molecule has 39 heavy (non-hydrogen) atoms. The number of thiazole rings is 1. The van der Waals surface area contributed by atoms with Crippen LogP contribution < -0.4 is 16.4 Å².